The molecule has 2 heteroatoms. The molecule has 1 fully saturated rings. The molecule has 1 saturated carbocycles. The van der Waals surface area contributed by atoms with Gasteiger partial charge in [-0.3, -0.25) is 0 Å². The Morgan fingerprint density at radius 3 is 2.38 bits per heavy atom. The molecule has 0 radical (unpaired) electrons. The Balaban J connectivity index is 2.47. The van der Waals surface area contributed by atoms with Gasteiger partial charge in [-0.05, 0) is 51.7 Å². The number of benzene rings is 1. The van der Waals surface area contributed by atoms with Gasteiger partial charge >= 0.3 is 0 Å². The van der Waals surface area contributed by atoms with Crippen LogP contribution in [0.1, 0.15) is 43.4 Å². The van der Waals surface area contributed by atoms with E-state index in [4.69, 9.17) is 4.74 Å². The number of aliphatic hydroxyl groups is 1. The summed E-state index contributed by atoms with van der Waals surface area (Å²) in [5.41, 5.74) is 2.70. The first kappa shape index (κ1) is 11.5. The molecule has 0 heterocycles. The van der Waals surface area contributed by atoms with Gasteiger partial charge in [0.15, 0.2) is 0 Å². The molecule has 88 valence electrons. The second-order valence-electron chi connectivity index (χ2n) is 5.08. The number of hydrogen-bond donors (Lipinski definition) is 1. The van der Waals surface area contributed by atoms with E-state index in [0.717, 1.165) is 29.7 Å². The second kappa shape index (κ2) is 3.77. The first-order chi connectivity index (χ1) is 7.44. The average molecular weight is 220 g/mol. The van der Waals surface area contributed by atoms with Crippen LogP contribution in [0.4, 0.5) is 0 Å². The summed E-state index contributed by atoms with van der Waals surface area (Å²) in [6.45, 7) is 8.16. The molecule has 1 aliphatic rings. The van der Waals surface area contributed by atoms with Crippen LogP contribution in [-0.2, 0) is 5.60 Å². The van der Waals surface area contributed by atoms with Gasteiger partial charge in [-0.2, -0.15) is 0 Å². The van der Waals surface area contributed by atoms with Crippen LogP contribution in [0.15, 0.2) is 12.1 Å². The molecule has 0 aromatic heterocycles. The molecule has 0 spiro atoms. The van der Waals surface area contributed by atoms with Crippen molar-refractivity contribution in [1.29, 1.82) is 0 Å². The molecule has 1 aromatic rings. The quantitative estimate of drug-likeness (QED) is 0.848. The molecule has 0 atom stereocenters. The highest BCUT2D eigenvalue weighted by atomic mass is 16.5. The van der Waals surface area contributed by atoms with Gasteiger partial charge in [0.1, 0.15) is 5.75 Å². The first-order valence-electron chi connectivity index (χ1n) is 5.94. The third kappa shape index (κ3) is 1.94. The molecule has 0 saturated heterocycles. The van der Waals surface area contributed by atoms with Gasteiger partial charge in [-0.25, -0.2) is 0 Å². The molecule has 0 bridgehead atoms. The molecular formula is C14H20O2. The molecule has 0 unspecified atom stereocenters. The number of rotatable bonds is 3. The fraction of sp³-hybridized carbons (Fsp3) is 0.571. The van der Waals surface area contributed by atoms with E-state index in [1.54, 1.807) is 0 Å². The van der Waals surface area contributed by atoms with Crippen LogP contribution in [0.5, 0.6) is 5.75 Å². The van der Waals surface area contributed by atoms with Crippen molar-refractivity contribution in [2.45, 2.75) is 52.2 Å². The van der Waals surface area contributed by atoms with Crippen molar-refractivity contribution >= 4 is 0 Å². The molecule has 0 amide bonds. The van der Waals surface area contributed by atoms with Crippen molar-refractivity contribution in [3.05, 3.63) is 28.8 Å². The summed E-state index contributed by atoms with van der Waals surface area (Å²) < 4.78 is 5.86. The van der Waals surface area contributed by atoms with E-state index in [0.29, 0.717) is 0 Å². The Labute approximate surface area is 97.3 Å². The predicted octanol–water partition coefficient (Wildman–Crippen LogP) is 3.07. The van der Waals surface area contributed by atoms with Crippen LogP contribution < -0.4 is 4.74 Å². The smallest absolute Gasteiger partial charge is 0.128 e. The maximum atomic E-state index is 10.2. The summed E-state index contributed by atoms with van der Waals surface area (Å²) in [5.74, 6) is 0.884. The zero-order valence-corrected chi connectivity index (χ0v) is 10.5. The van der Waals surface area contributed by atoms with Gasteiger partial charge in [0, 0.05) is 5.56 Å². The van der Waals surface area contributed by atoms with E-state index < -0.39 is 5.60 Å². The highest BCUT2D eigenvalue weighted by Gasteiger charge is 2.44. The Hall–Kier alpha value is -1.02. The van der Waals surface area contributed by atoms with Crippen molar-refractivity contribution in [1.82, 2.24) is 0 Å². The fourth-order valence-electron chi connectivity index (χ4n) is 1.93. The lowest BCUT2D eigenvalue weighted by atomic mass is 9.99. The summed E-state index contributed by atoms with van der Waals surface area (Å²) in [6.07, 6.45) is 1.84. The Morgan fingerprint density at radius 1 is 1.25 bits per heavy atom. The summed E-state index contributed by atoms with van der Waals surface area (Å²) in [6, 6.07) is 4.07. The number of aryl methyl sites for hydroxylation is 1. The van der Waals surface area contributed by atoms with Crippen molar-refractivity contribution in [2.24, 2.45) is 0 Å². The maximum absolute atomic E-state index is 10.2. The number of ether oxygens (including phenoxy) is 1. The van der Waals surface area contributed by atoms with Crippen molar-refractivity contribution < 1.29 is 9.84 Å². The van der Waals surface area contributed by atoms with Crippen LogP contribution in [0.25, 0.3) is 0 Å². The minimum Gasteiger partial charge on any atom is -0.490 e. The van der Waals surface area contributed by atoms with E-state index in [-0.39, 0.29) is 6.10 Å². The SMILES string of the molecule is Cc1ccc(C2(O)CC2)c(OC(C)C)c1C. The number of hydrogen-bond acceptors (Lipinski definition) is 2. The van der Waals surface area contributed by atoms with Crippen LogP contribution >= 0.6 is 0 Å². The fourth-order valence-corrected chi connectivity index (χ4v) is 1.93. The summed E-state index contributed by atoms with van der Waals surface area (Å²) in [4.78, 5) is 0. The third-order valence-electron chi connectivity index (χ3n) is 3.26. The van der Waals surface area contributed by atoms with E-state index in [2.05, 4.69) is 19.9 Å². The minimum atomic E-state index is -0.622. The lowest BCUT2D eigenvalue weighted by Gasteiger charge is -2.20. The second-order valence-corrected chi connectivity index (χ2v) is 5.08. The van der Waals surface area contributed by atoms with Crippen LogP contribution in [0, 0.1) is 13.8 Å². The van der Waals surface area contributed by atoms with Gasteiger partial charge in [0.25, 0.3) is 0 Å². The zero-order chi connectivity index (χ0) is 11.9. The lowest BCUT2D eigenvalue weighted by Crippen LogP contribution is -2.14. The Kier molecular flexibility index (Phi) is 2.70. The first-order valence-corrected chi connectivity index (χ1v) is 5.94. The molecule has 2 rings (SSSR count). The Bertz CT molecular complexity index is 403. The lowest BCUT2D eigenvalue weighted by molar-refractivity contribution is 0.141. The van der Waals surface area contributed by atoms with E-state index in [1.807, 2.05) is 19.9 Å². The van der Waals surface area contributed by atoms with Gasteiger partial charge < -0.3 is 9.84 Å². The van der Waals surface area contributed by atoms with Crippen molar-refractivity contribution in [2.75, 3.05) is 0 Å². The van der Waals surface area contributed by atoms with Crippen molar-refractivity contribution in [3.63, 3.8) is 0 Å². The molecule has 16 heavy (non-hydrogen) atoms. The molecule has 1 aromatic carbocycles. The van der Waals surface area contributed by atoms with E-state index in [9.17, 15) is 5.11 Å². The normalized spacial score (nSPS) is 17.6. The standard InChI is InChI=1S/C14H20O2/c1-9(2)16-13-11(4)10(3)5-6-12(13)14(15)7-8-14/h5-6,9,15H,7-8H2,1-4H3. The highest BCUT2D eigenvalue weighted by molar-refractivity contribution is 5.49. The van der Waals surface area contributed by atoms with Gasteiger partial charge in [-0.1, -0.05) is 12.1 Å². The highest BCUT2D eigenvalue weighted by Crippen LogP contribution is 2.50. The largest absolute Gasteiger partial charge is 0.490 e. The van der Waals surface area contributed by atoms with Crippen molar-refractivity contribution in [3.8, 4) is 5.75 Å². The van der Waals surface area contributed by atoms with Gasteiger partial charge in [-0.15, -0.1) is 0 Å². The molecule has 0 aliphatic heterocycles. The van der Waals surface area contributed by atoms with E-state index >= 15 is 0 Å². The van der Waals surface area contributed by atoms with Crippen LogP contribution in [0.2, 0.25) is 0 Å². The molecule has 2 nitrogen and oxygen atoms in total. The topological polar surface area (TPSA) is 29.5 Å². The third-order valence-corrected chi connectivity index (χ3v) is 3.26. The average Bonchev–Trinajstić information content (AvgIpc) is 2.92. The van der Waals surface area contributed by atoms with E-state index in [1.165, 1.54) is 5.56 Å². The molecule has 1 aliphatic carbocycles. The summed E-state index contributed by atoms with van der Waals surface area (Å²) >= 11 is 0. The minimum absolute atomic E-state index is 0.140. The van der Waals surface area contributed by atoms with Gasteiger partial charge in [0.2, 0.25) is 0 Å². The Morgan fingerprint density at radius 2 is 1.88 bits per heavy atom. The summed E-state index contributed by atoms with van der Waals surface area (Å²) in [7, 11) is 0. The zero-order valence-electron chi connectivity index (χ0n) is 10.5. The van der Waals surface area contributed by atoms with Crippen LogP contribution in [-0.4, -0.2) is 11.2 Å². The van der Waals surface area contributed by atoms with Crippen LogP contribution in [0.3, 0.4) is 0 Å². The van der Waals surface area contributed by atoms with Gasteiger partial charge in [0.05, 0.1) is 11.7 Å². The maximum Gasteiger partial charge on any atom is 0.128 e. The summed E-state index contributed by atoms with van der Waals surface area (Å²) in [5, 5.41) is 10.2. The monoisotopic (exact) mass is 220 g/mol. The molecular weight excluding hydrogens is 200 g/mol. The predicted molar refractivity (Wildman–Crippen MR) is 64.8 cm³/mol. The molecule has 1 N–H and O–H groups in total.